The highest BCUT2D eigenvalue weighted by Gasteiger charge is 2.16. The molecule has 0 aromatic heterocycles. The van der Waals surface area contributed by atoms with Gasteiger partial charge in [-0.3, -0.25) is 4.79 Å². The number of hydrogen-bond donors (Lipinski definition) is 1. The van der Waals surface area contributed by atoms with Crippen LogP contribution in [0.1, 0.15) is 26.3 Å². The van der Waals surface area contributed by atoms with E-state index in [0.29, 0.717) is 5.56 Å². The molecule has 0 aliphatic carbocycles. The van der Waals surface area contributed by atoms with Gasteiger partial charge >= 0.3 is 6.09 Å². The first kappa shape index (κ1) is 16.1. The molecule has 0 unspecified atom stereocenters. The number of halogens is 2. The average molecular weight is 285 g/mol. The Morgan fingerprint density at radius 3 is 2.40 bits per heavy atom. The van der Waals surface area contributed by atoms with Crippen molar-refractivity contribution in [3.63, 3.8) is 0 Å². The van der Waals surface area contributed by atoms with E-state index in [1.54, 1.807) is 20.8 Å². The van der Waals surface area contributed by atoms with Crippen LogP contribution in [0, 0.1) is 11.6 Å². The minimum absolute atomic E-state index is 0.0903. The lowest BCUT2D eigenvalue weighted by molar-refractivity contribution is -0.117. The van der Waals surface area contributed by atoms with E-state index in [-0.39, 0.29) is 18.7 Å². The van der Waals surface area contributed by atoms with Gasteiger partial charge in [-0.25, -0.2) is 13.6 Å². The van der Waals surface area contributed by atoms with Crippen molar-refractivity contribution >= 4 is 11.9 Å². The molecule has 0 atom stereocenters. The predicted molar refractivity (Wildman–Crippen MR) is 69.3 cm³/mol. The number of alkyl carbamates (subject to hydrolysis) is 1. The maximum Gasteiger partial charge on any atom is 0.408 e. The monoisotopic (exact) mass is 285 g/mol. The van der Waals surface area contributed by atoms with Crippen LogP contribution in [0.4, 0.5) is 13.6 Å². The van der Waals surface area contributed by atoms with Crippen molar-refractivity contribution in [3.8, 4) is 0 Å². The summed E-state index contributed by atoms with van der Waals surface area (Å²) < 4.78 is 30.6. The average Bonchev–Trinajstić information content (AvgIpc) is 2.29. The molecule has 0 saturated carbocycles. The van der Waals surface area contributed by atoms with E-state index >= 15 is 0 Å². The Morgan fingerprint density at radius 2 is 1.85 bits per heavy atom. The van der Waals surface area contributed by atoms with Crippen LogP contribution in [0.5, 0.6) is 0 Å². The van der Waals surface area contributed by atoms with Gasteiger partial charge in [-0.2, -0.15) is 0 Å². The van der Waals surface area contributed by atoms with Crippen molar-refractivity contribution in [2.24, 2.45) is 0 Å². The molecule has 0 aliphatic heterocycles. The first-order chi connectivity index (χ1) is 9.17. The van der Waals surface area contributed by atoms with Gasteiger partial charge in [0, 0.05) is 6.42 Å². The predicted octanol–water partition coefficient (Wildman–Crippen LogP) is 2.60. The Balaban J connectivity index is 2.44. The lowest BCUT2D eigenvalue weighted by Gasteiger charge is -2.19. The lowest BCUT2D eigenvalue weighted by Crippen LogP contribution is -2.35. The van der Waals surface area contributed by atoms with Gasteiger partial charge in [-0.05, 0) is 38.5 Å². The molecule has 4 nitrogen and oxygen atoms in total. The van der Waals surface area contributed by atoms with E-state index in [1.165, 1.54) is 6.07 Å². The van der Waals surface area contributed by atoms with Gasteiger partial charge < -0.3 is 10.1 Å². The second-order valence-electron chi connectivity index (χ2n) is 5.32. The number of carbonyl (C=O) groups is 2. The normalized spacial score (nSPS) is 11.1. The minimum Gasteiger partial charge on any atom is -0.444 e. The number of ether oxygens (including phenoxy) is 1. The van der Waals surface area contributed by atoms with E-state index in [0.717, 1.165) is 12.1 Å². The molecule has 6 heteroatoms. The summed E-state index contributed by atoms with van der Waals surface area (Å²) in [5.41, 5.74) is -0.298. The zero-order valence-electron chi connectivity index (χ0n) is 11.6. The van der Waals surface area contributed by atoms with Crippen LogP contribution < -0.4 is 5.32 Å². The molecule has 0 aliphatic rings. The number of carbonyl (C=O) groups excluding carboxylic acids is 2. The summed E-state index contributed by atoms with van der Waals surface area (Å²) >= 11 is 0. The fraction of sp³-hybridized carbons (Fsp3) is 0.429. The van der Waals surface area contributed by atoms with E-state index in [9.17, 15) is 18.4 Å². The molecular weight excluding hydrogens is 268 g/mol. The number of hydrogen-bond acceptors (Lipinski definition) is 3. The van der Waals surface area contributed by atoms with Gasteiger partial charge in [-0.15, -0.1) is 0 Å². The Bertz CT molecular complexity index is 510. The highest BCUT2D eigenvalue weighted by atomic mass is 19.2. The van der Waals surface area contributed by atoms with Gasteiger partial charge in [0.15, 0.2) is 17.4 Å². The second kappa shape index (κ2) is 6.45. The second-order valence-corrected chi connectivity index (χ2v) is 5.32. The quantitative estimate of drug-likeness (QED) is 0.925. The van der Waals surface area contributed by atoms with E-state index in [1.807, 2.05) is 0 Å². The van der Waals surface area contributed by atoms with E-state index in [2.05, 4.69) is 5.32 Å². The highest BCUT2D eigenvalue weighted by Crippen LogP contribution is 2.09. The summed E-state index contributed by atoms with van der Waals surface area (Å²) in [6.07, 6.45) is -0.788. The summed E-state index contributed by atoms with van der Waals surface area (Å²) in [6, 6.07) is 3.24. The fourth-order valence-electron chi connectivity index (χ4n) is 1.42. The topological polar surface area (TPSA) is 55.4 Å². The van der Waals surface area contributed by atoms with Crippen molar-refractivity contribution in [1.82, 2.24) is 5.32 Å². The van der Waals surface area contributed by atoms with Crippen LogP contribution in [-0.2, 0) is 16.0 Å². The molecule has 0 radical (unpaired) electrons. The third kappa shape index (κ3) is 5.77. The van der Waals surface area contributed by atoms with Gasteiger partial charge in [0.2, 0.25) is 0 Å². The molecule has 20 heavy (non-hydrogen) atoms. The van der Waals surface area contributed by atoms with Crippen molar-refractivity contribution in [3.05, 3.63) is 35.4 Å². The molecule has 1 N–H and O–H groups in total. The maximum absolute atomic E-state index is 13.0. The first-order valence-corrected chi connectivity index (χ1v) is 6.10. The lowest BCUT2D eigenvalue weighted by atomic mass is 10.1. The SMILES string of the molecule is CC(C)(C)OC(=O)NCC(=O)Cc1ccc(F)c(F)c1. The zero-order valence-corrected chi connectivity index (χ0v) is 11.6. The van der Waals surface area contributed by atoms with Crippen LogP contribution >= 0.6 is 0 Å². The Labute approximate surface area is 116 Å². The summed E-state index contributed by atoms with van der Waals surface area (Å²) in [5.74, 6) is -2.30. The standard InChI is InChI=1S/C14H17F2NO3/c1-14(2,3)20-13(19)17-8-10(18)6-9-4-5-11(15)12(16)7-9/h4-5,7H,6,8H2,1-3H3,(H,17,19). The molecule has 0 saturated heterocycles. The summed E-state index contributed by atoms with van der Waals surface area (Å²) in [6.45, 7) is 4.88. The maximum atomic E-state index is 13.0. The van der Waals surface area contributed by atoms with Crippen LogP contribution in [0.15, 0.2) is 18.2 Å². The number of ketones is 1. The number of benzene rings is 1. The number of amides is 1. The molecule has 1 aromatic carbocycles. The van der Waals surface area contributed by atoms with Gasteiger partial charge in [0.05, 0.1) is 6.54 Å². The number of nitrogens with one attached hydrogen (secondary N) is 1. The van der Waals surface area contributed by atoms with E-state index < -0.39 is 23.3 Å². The smallest absolute Gasteiger partial charge is 0.408 e. The summed E-state index contributed by atoms with van der Waals surface area (Å²) in [7, 11) is 0. The molecule has 0 bridgehead atoms. The molecule has 1 aromatic rings. The molecular formula is C14H17F2NO3. The van der Waals surface area contributed by atoms with Gasteiger partial charge in [-0.1, -0.05) is 6.07 Å². The number of Topliss-reactive ketones (excluding diaryl/α,β-unsaturated/α-hetero) is 1. The molecule has 0 heterocycles. The summed E-state index contributed by atoms with van der Waals surface area (Å²) in [5, 5.41) is 2.31. The summed E-state index contributed by atoms with van der Waals surface area (Å²) in [4.78, 5) is 22.9. The van der Waals surface area contributed by atoms with Crippen molar-refractivity contribution in [2.45, 2.75) is 32.8 Å². The van der Waals surface area contributed by atoms with Gasteiger partial charge in [0.25, 0.3) is 0 Å². The molecule has 110 valence electrons. The van der Waals surface area contributed by atoms with Crippen LogP contribution in [0.25, 0.3) is 0 Å². The van der Waals surface area contributed by atoms with Crippen LogP contribution in [-0.4, -0.2) is 24.0 Å². The zero-order chi connectivity index (χ0) is 15.3. The Hall–Kier alpha value is -1.98. The van der Waals surface area contributed by atoms with Crippen LogP contribution in [0.3, 0.4) is 0 Å². The molecule has 1 rings (SSSR count). The number of rotatable bonds is 4. The third-order valence-corrected chi connectivity index (χ3v) is 2.21. The van der Waals surface area contributed by atoms with E-state index in [4.69, 9.17) is 4.74 Å². The minimum atomic E-state index is -1.00. The van der Waals surface area contributed by atoms with Crippen molar-refractivity contribution in [2.75, 3.05) is 6.54 Å². The fourth-order valence-corrected chi connectivity index (χ4v) is 1.42. The highest BCUT2D eigenvalue weighted by molar-refractivity contribution is 5.85. The van der Waals surface area contributed by atoms with Crippen molar-refractivity contribution < 1.29 is 23.1 Å². The Morgan fingerprint density at radius 1 is 1.20 bits per heavy atom. The van der Waals surface area contributed by atoms with Crippen LogP contribution in [0.2, 0.25) is 0 Å². The molecule has 0 fully saturated rings. The Kier molecular flexibility index (Phi) is 5.19. The molecule has 1 amide bonds. The van der Waals surface area contributed by atoms with Crippen molar-refractivity contribution in [1.29, 1.82) is 0 Å². The molecule has 0 spiro atoms. The first-order valence-electron chi connectivity index (χ1n) is 6.10. The van der Waals surface area contributed by atoms with Gasteiger partial charge in [0.1, 0.15) is 5.60 Å². The largest absolute Gasteiger partial charge is 0.444 e. The third-order valence-electron chi connectivity index (χ3n) is 2.21.